The second-order valence-electron chi connectivity index (χ2n) is 4.86. The highest BCUT2D eigenvalue weighted by Gasteiger charge is 2.25. The molecule has 0 spiro atoms. The quantitative estimate of drug-likeness (QED) is 0.754. The summed E-state index contributed by atoms with van der Waals surface area (Å²) in [5, 5.41) is 9.11. The number of aliphatic hydroxyl groups excluding tert-OH is 1. The Morgan fingerprint density at radius 3 is 2.80 bits per heavy atom. The number of morpholine rings is 1. The molecule has 0 aromatic carbocycles. The molecule has 3 atom stereocenters. The van der Waals surface area contributed by atoms with Gasteiger partial charge in [0.25, 0.3) is 0 Å². The second-order valence-corrected chi connectivity index (χ2v) is 4.86. The minimum Gasteiger partial charge on any atom is -0.394 e. The smallest absolute Gasteiger partial charge is 0.0936 e. The van der Waals surface area contributed by atoms with Crippen LogP contribution in [0.3, 0.4) is 0 Å². The Bertz CT molecular complexity index is 175. The number of nitrogens with zero attached hydrogens (tertiary/aromatic N) is 1. The molecule has 0 bridgehead atoms. The lowest BCUT2D eigenvalue weighted by molar-refractivity contribution is -0.0975. The van der Waals surface area contributed by atoms with Crippen LogP contribution in [-0.4, -0.2) is 48.5 Å². The van der Waals surface area contributed by atoms with Crippen LogP contribution in [0.15, 0.2) is 0 Å². The van der Waals surface area contributed by atoms with Gasteiger partial charge in [-0.3, -0.25) is 4.90 Å². The highest BCUT2D eigenvalue weighted by molar-refractivity contribution is 4.76. The molecule has 0 saturated carbocycles. The Kier molecular flexibility index (Phi) is 5.58. The topological polar surface area (TPSA) is 32.7 Å². The van der Waals surface area contributed by atoms with Crippen LogP contribution < -0.4 is 0 Å². The standard InChI is InChI=1S/C12H25NO2/c1-4-5-10(2)6-13-7-11(3)15-12(8-13)9-14/h10-12,14H,4-9H2,1-3H3. The largest absolute Gasteiger partial charge is 0.394 e. The molecule has 15 heavy (non-hydrogen) atoms. The normalized spacial score (nSPS) is 30.4. The monoisotopic (exact) mass is 215 g/mol. The van der Waals surface area contributed by atoms with Gasteiger partial charge in [-0.05, 0) is 19.3 Å². The van der Waals surface area contributed by atoms with E-state index in [0.717, 1.165) is 25.6 Å². The first-order chi connectivity index (χ1) is 7.15. The van der Waals surface area contributed by atoms with Gasteiger partial charge in [0.05, 0.1) is 18.8 Å². The van der Waals surface area contributed by atoms with Crippen LogP contribution in [0.2, 0.25) is 0 Å². The predicted molar refractivity (Wildman–Crippen MR) is 61.9 cm³/mol. The highest BCUT2D eigenvalue weighted by Crippen LogP contribution is 2.14. The van der Waals surface area contributed by atoms with Crippen molar-refractivity contribution in [3.63, 3.8) is 0 Å². The van der Waals surface area contributed by atoms with Crippen LogP contribution in [0.25, 0.3) is 0 Å². The van der Waals surface area contributed by atoms with Gasteiger partial charge in [0, 0.05) is 19.6 Å². The van der Waals surface area contributed by atoms with Crippen LogP contribution in [0.4, 0.5) is 0 Å². The van der Waals surface area contributed by atoms with E-state index in [0.29, 0.717) is 0 Å². The lowest BCUT2D eigenvalue weighted by Gasteiger charge is -2.37. The third-order valence-electron chi connectivity index (χ3n) is 2.96. The van der Waals surface area contributed by atoms with Gasteiger partial charge in [0.15, 0.2) is 0 Å². The van der Waals surface area contributed by atoms with E-state index in [9.17, 15) is 0 Å². The molecule has 1 heterocycles. The molecule has 1 fully saturated rings. The molecule has 1 saturated heterocycles. The fourth-order valence-corrected chi connectivity index (χ4v) is 2.42. The van der Waals surface area contributed by atoms with Crippen molar-refractivity contribution in [2.45, 2.75) is 45.8 Å². The number of hydrogen-bond donors (Lipinski definition) is 1. The van der Waals surface area contributed by atoms with E-state index in [1.165, 1.54) is 12.8 Å². The Hall–Kier alpha value is -0.120. The third-order valence-corrected chi connectivity index (χ3v) is 2.96. The maximum Gasteiger partial charge on any atom is 0.0936 e. The van der Waals surface area contributed by atoms with Crippen molar-refractivity contribution in [2.75, 3.05) is 26.2 Å². The molecule has 0 aromatic heterocycles. The minimum absolute atomic E-state index is 0.0163. The zero-order chi connectivity index (χ0) is 11.3. The van der Waals surface area contributed by atoms with Crippen LogP contribution in [0.1, 0.15) is 33.6 Å². The SMILES string of the molecule is CCCC(C)CN1CC(C)OC(CO)C1. The van der Waals surface area contributed by atoms with E-state index in [-0.39, 0.29) is 18.8 Å². The van der Waals surface area contributed by atoms with E-state index in [1.807, 2.05) is 0 Å². The first kappa shape index (κ1) is 12.9. The van der Waals surface area contributed by atoms with Gasteiger partial charge in [-0.25, -0.2) is 0 Å². The van der Waals surface area contributed by atoms with Gasteiger partial charge >= 0.3 is 0 Å². The number of rotatable bonds is 5. The Morgan fingerprint density at radius 1 is 1.47 bits per heavy atom. The summed E-state index contributed by atoms with van der Waals surface area (Å²) < 4.78 is 5.62. The van der Waals surface area contributed by atoms with Crippen molar-refractivity contribution < 1.29 is 9.84 Å². The first-order valence-corrected chi connectivity index (χ1v) is 6.14. The summed E-state index contributed by atoms with van der Waals surface area (Å²) >= 11 is 0. The fraction of sp³-hybridized carbons (Fsp3) is 1.00. The van der Waals surface area contributed by atoms with Gasteiger partial charge in [0.2, 0.25) is 0 Å². The van der Waals surface area contributed by atoms with E-state index in [4.69, 9.17) is 9.84 Å². The zero-order valence-electron chi connectivity index (χ0n) is 10.3. The first-order valence-electron chi connectivity index (χ1n) is 6.14. The zero-order valence-corrected chi connectivity index (χ0v) is 10.3. The van der Waals surface area contributed by atoms with Gasteiger partial charge in [0.1, 0.15) is 0 Å². The van der Waals surface area contributed by atoms with Crippen LogP contribution in [-0.2, 0) is 4.74 Å². The maximum atomic E-state index is 9.11. The second kappa shape index (κ2) is 6.46. The summed E-state index contributed by atoms with van der Waals surface area (Å²) in [6, 6.07) is 0. The Balaban J connectivity index is 2.33. The summed E-state index contributed by atoms with van der Waals surface area (Å²) in [5.41, 5.74) is 0. The summed E-state index contributed by atoms with van der Waals surface area (Å²) in [6.07, 6.45) is 2.81. The van der Waals surface area contributed by atoms with Gasteiger partial charge < -0.3 is 9.84 Å². The van der Waals surface area contributed by atoms with Crippen molar-refractivity contribution in [1.29, 1.82) is 0 Å². The van der Waals surface area contributed by atoms with Crippen molar-refractivity contribution in [1.82, 2.24) is 4.90 Å². The average molecular weight is 215 g/mol. The minimum atomic E-state index is 0.0163. The van der Waals surface area contributed by atoms with E-state index >= 15 is 0 Å². The van der Waals surface area contributed by atoms with Crippen LogP contribution in [0, 0.1) is 5.92 Å². The Morgan fingerprint density at radius 2 is 2.20 bits per heavy atom. The Labute approximate surface area is 93.4 Å². The molecule has 1 aliphatic rings. The highest BCUT2D eigenvalue weighted by atomic mass is 16.5. The van der Waals surface area contributed by atoms with Crippen molar-refractivity contribution in [3.05, 3.63) is 0 Å². The fourth-order valence-electron chi connectivity index (χ4n) is 2.42. The molecular formula is C12H25NO2. The number of aliphatic hydroxyl groups is 1. The van der Waals surface area contributed by atoms with Crippen molar-refractivity contribution >= 4 is 0 Å². The third kappa shape index (κ3) is 4.49. The van der Waals surface area contributed by atoms with Gasteiger partial charge in [-0.1, -0.05) is 20.3 Å². The summed E-state index contributed by atoms with van der Waals surface area (Å²) in [6.45, 7) is 9.78. The number of ether oxygens (including phenoxy) is 1. The molecule has 3 heteroatoms. The van der Waals surface area contributed by atoms with Crippen molar-refractivity contribution in [3.8, 4) is 0 Å². The number of hydrogen-bond acceptors (Lipinski definition) is 3. The van der Waals surface area contributed by atoms with Crippen LogP contribution in [0.5, 0.6) is 0 Å². The molecule has 0 amide bonds. The van der Waals surface area contributed by atoms with E-state index in [2.05, 4.69) is 25.7 Å². The average Bonchev–Trinajstić information content (AvgIpc) is 2.17. The molecule has 90 valence electrons. The molecule has 3 nitrogen and oxygen atoms in total. The van der Waals surface area contributed by atoms with Gasteiger partial charge in [-0.2, -0.15) is 0 Å². The lowest BCUT2D eigenvalue weighted by atomic mass is 10.0. The molecule has 3 unspecified atom stereocenters. The summed E-state index contributed by atoms with van der Waals surface area (Å²) in [4.78, 5) is 2.43. The molecule has 1 N–H and O–H groups in total. The molecular weight excluding hydrogens is 190 g/mol. The van der Waals surface area contributed by atoms with Crippen molar-refractivity contribution in [2.24, 2.45) is 5.92 Å². The molecule has 0 radical (unpaired) electrons. The maximum absolute atomic E-state index is 9.11. The van der Waals surface area contributed by atoms with E-state index in [1.54, 1.807) is 0 Å². The molecule has 0 aromatic rings. The predicted octanol–water partition coefficient (Wildman–Crippen LogP) is 1.50. The summed E-state index contributed by atoms with van der Waals surface area (Å²) in [5.74, 6) is 0.750. The molecule has 1 rings (SSSR count). The molecule has 1 aliphatic heterocycles. The van der Waals surface area contributed by atoms with Gasteiger partial charge in [-0.15, -0.1) is 0 Å². The summed E-state index contributed by atoms with van der Waals surface area (Å²) in [7, 11) is 0. The van der Waals surface area contributed by atoms with Crippen LogP contribution >= 0.6 is 0 Å². The lowest BCUT2D eigenvalue weighted by Crippen LogP contribution is -2.49. The molecule has 0 aliphatic carbocycles. The van der Waals surface area contributed by atoms with E-state index < -0.39 is 0 Å².